The van der Waals surface area contributed by atoms with Gasteiger partial charge < -0.3 is 14.5 Å². The summed E-state index contributed by atoms with van der Waals surface area (Å²) in [6, 6.07) is 14.3. The van der Waals surface area contributed by atoms with E-state index < -0.39 is 15.9 Å². The molecule has 1 atom stereocenters. The van der Waals surface area contributed by atoms with Gasteiger partial charge in [0, 0.05) is 17.1 Å². The van der Waals surface area contributed by atoms with Gasteiger partial charge in [-0.15, -0.1) is 0 Å². The summed E-state index contributed by atoms with van der Waals surface area (Å²) in [6.07, 6.45) is 0. The number of carbonyl (C=O) groups excluding carboxylic acids is 1. The molecular formula is C22H23ClN2O5S. The Morgan fingerprint density at radius 3 is 2.45 bits per heavy atom. The first-order valence-electron chi connectivity index (χ1n) is 9.49. The number of rotatable bonds is 8. The number of hydrogen-bond donors (Lipinski definition) is 2. The summed E-state index contributed by atoms with van der Waals surface area (Å²) < 4.78 is 39.1. The molecule has 0 radical (unpaired) electrons. The van der Waals surface area contributed by atoms with E-state index in [1.165, 1.54) is 25.3 Å². The number of hydrogen-bond acceptors (Lipinski definition) is 5. The van der Waals surface area contributed by atoms with Crippen LogP contribution in [-0.2, 0) is 16.6 Å². The van der Waals surface area contributed by atoms with Gasteiger partial charge in [-0.2, -0.15) is 0 Å². The van der Waals surface area contributed by atoms with E-state index in [-0.39, 0.29) is 28.8 Å². The quantitative estimate of drug-likeness (QED) is 0.522. The first-order valence-corrected chi connectivity index (χ1v) is 11.3. The molecule has 0 aliphatic carbocycles. The first kappa shape index (κ1) is 22.9. The molecular weight excluding hydrogens is 440 g/mol. The van der Waals surface area contributed by atoms with Gasteiger partial charge in [0.1, 0.15) is 22.2 Å². The molecule has 0 spiro atoms. The molecule has 3 rings (SSSR count). The lowest BCUT2D eigenvalue weighted by Crippen LogP contribution is -2.27. The predicted molar refractivity (Wildman–Crippen MR) is 118 cm³/mol. The molecule has 9 heteroatoms. The Morgan fingerprint density at radius 2 is 1.84 bits per heavy atom. The van der Waals surface area contributed by atoms with Crippen LogP contribution in [-0.4, -0.2) is 21.4 Å². The minimum atomic E-state index is -3.95. The Balaban J connectivity index is 1.80. The molecule has 0 fully saturated rings. The maximum atomic E-state index is 12.9. The minimum Gasteiger partial charge on any atom is -0.495 e. The van der Waals surface area contributed by atoms with Gasteiger partial charge in [0.05, 0.1) is 13.2 Å². The standard InChI is InChI=1S/C22H23ClN2O5S/c1-14-4-10-19(30-14)15(2)25-22(26)17-7-11-20(29-3)21(12-17)31(27,28)24-13-16-5-8-18(23)9-6-16/h4-12,15,24H,13H2,1-3H3,(H,25,26). The van der Waals surface area contributed by atoms with Crippen LogP contribution < -0.4 is 14.8 Å². The fourth-order valence-electron chi connectivity index (χ4n) is 2.92. The Hall–Kier alpha value is -2.81. The number of methoxy groups -OCH3 is 1. The molecule has 31 heavy (non-hydrogen) atoms. The zero-order valence-electron chi connectivity index (χ0n) is 17.3. The van der Waals surface area contributed by atoms with Crippen LogP contribution in [0.25, 0.3) is 0 Å². The number of ether oxygens (including phenoxy) is 1. The van der Waals surface area contributed by atoms with Crippen LogP contribution in [0.5, 0.6) is 5.75 Å². The van der Waals surface area contributed by atoms with Crippen LogP contribution in [0.3, 0.4) is 0 Å². The van der Waals surface area contributed by atoms with E-state index >= 15 is 0 Å². The van der Waals surface area contributed by atoms with Crippen molar-refractivity contribution >= 4 is 27.5 Å². The van der Waals surface area contributed by atoms with Gasteiger partial charge in [0.2, 0.25) is 10.0 Å². The highest BCUT2D eigenvalue weighted by atomic mass is 35.5. The SMILES string of the molecule is COc1ccc(C(=O)NC(C)c2ccc(C)o2)cc1S(=O)(=O)NCc1ccc(Cl)cc1. The van der Waals surface area contributed by atoms with E-state index in [2.05, 4.69) is 10.0 Å². The average Bonchev–Trinajstić information content (AvgIpc) is 3.19. The van der Waals surface area contributed by atoms with Crippen molar-refractivity contribution in [3.8, 4) is 5.75 Å². The molecule has 164 valence electrons. The van der Waals surface area contributed by atoms with Gasteiger partial charge in [0.25, 0.3) is 5.91 Å². The van der Waals surface area contributed by atoms with Gasteiger partial charge in [-0.1, -0.05) is 23.7 Å². The maximum absolute atomic E-state index is 12.9. The molecule has 0 bridgehead atoms. The van der Waals surface area contributed by atoms with Crippen molar-refractivity contribution in [1.29, 1.82) is 0 Å². The Labute approximate surface area is 186 Å². The fourth-order valence-corrected chi connectivity index (χ4v) is 4.26. The lowest BCUT2D eigenvalue weighted by atomic mass is 10.1. The summed E-state index contributed by atoms with van der Waals surface area (Å²) in [5, 5.41) is 3.36. The van der Waals surface area contributed by atoms with E-state index in [1.54, 1.807) is 37.3 Å². The van der Waals surface area contributed by atoms with Crippen molar-refractivity contribution in [3.63, 3.8) is 0 Å². The van der Waals surface area contributed by atoms with Crippen molar-refractivity contribution in [3.05, 3.63) is 82.3 Å². The minimum absolute atomic E-state index is 0.0635. The summed E-state index contributed by atoms with van der Waals surface area (Å²) in [4.78, 5) is 12.6. The Bertz CT molecular complexity index is 1170. The molecule has 1 amide bonds. The van der Waals surface area contributed by atoms with E-state index in [0.717, 1.165) is 11.3 Å². The number of furan rings is 1. The summed E-state index contributed by atoms with van der Waals surface area (Å²) in [7, 11) is -2.58. The lowest BCUT2D eigenvalue weighted by Gasteiger charge is -2.14. The van der Waals surface area contributed by atoms with E-state index in [1.807, 2.05) is 13.0 Å². The van der Waals surface area contributed by atoms with Gasteiger partial charge in [-0.25, -0.2) is 13.1 Å². The second kappa shape index (κ2) is 9.55. The second-order valence-electron chi connectivity index (χ2n) is 6.96. The van der Waals surface area contributed by atoms with Gasteiger partial charge in [0.15, 0.2) is 0 Å². The number of carbonyl (C=O) groups is 1. The van der Waals surface area contributed by atoms with Crippen LogP contribution in [0.2, 0.25) is 5.02 Å². The van der Waals surface area contributed by atoms with Gasteiger partial charge in [-0.05, 0) is 61.9 Å². The highest BCUT2D eigenvalue weighted by molar-refractivity contribution is 7.89. The normalized spacial score (nSPS) is 12.4. The van der Waals surface area contributed by atoms with Crippen molar-refractivity contribution < 1.29 is 22.4 Å². The molecule has 3 aromatic rings. The highest BCUT2D eigenvalue weighted by Gasteiger charge is 2.22. The molecule has 1 heterocycles. The monoisotopic (exact) mass is 462 g/mol. The smallest absolute Gasteiger partial charge is 0.251 e. The van der Waals surface area contributed by atoms with Crippen molar-refractivity contribution in [2.45, 2.75) is 31.3 Å². The van der Waals surface area contributed by atoms with Crippen molar-refractivity contribution in [2.24, 2.45) is 0 Å². The van der Waals surface area contributed by atoms with Crippen LogP contribution in [0.4, 0.5) is 0 Å². The topological polar surface area (TPSA) is 97.6 Å². The summed E-state index contributed by atoms with van der Waals surface area (Å²) in [5.74, 6) is 1.05. The molecule has 1 unspecified atom stereocenters. The zero-order chi connectivity index (χ0) is 22.6. The Kier molecular flexibility index (Phi) is 7.04. The van der Waals surface area contributed by atoms with Gasteiger partial charge in [-0.3, -0.25) is 4.79 Å². The lowest BCUT2D eigenvalue weighted by molar-refractivity contribution is 0.0935. The zero-order valence-corrected chi connectivity index (χ0v) is 18.9. The molecule has 0 saturated carbocycles. The third-order valence-corrected chi connectivity index (χ3v) is 6.30. The van der Waals surface area contributed by atoms with Crippen LogP contribution >= 0.6 is 11.6 Å². The molecule has 2 N–H and O–H groups in total. The van der Waals surface area contributed by atoms with Crippen molar-refractivity contribution in [1.82, 2.24) is 10.0 Å². The van der Waals surface area contributed by atoms with Crippen LogP contribution in [0.1, 0.15) is 40.4 Å². The first-order chi connectivity index (χ1) is 14.7. The second-order valence-corrected chi connectivity index (χ2v) is 9.13. The van der Waals surface area contributed by atoms with Crippen LogP contribution in [0, 0.1) is 6.92 Å². The predicted octanol–water partition coefficient (Wildman–Crippen LogP) is 4.22. The molecule has 0 aliphatic rings. The average molecular weight is 463 g/mol. The fraction of sp³-hybridized carbons (Fsp3) is 0.227. The molecule has 0 aliphatic heterocycles. The highest BCUT2D eigenvalue weighted by Crippen LogP contribution is 2.26. The van der Waals surface area contributed by atoms with Gasteiger partial charge >= 0.3 is 0 Å². The number of benzene rings is 2. The number of sulfonamides is 1. The van der Waals surface area contributed by atoms with Crippen LogP contribution in [0.15, 0.2) is 63.9 Å². The van der Waals surface area contributed by atoms with Crippen molar-refractivity contribution in [2.75, 3.05) is 7.11 Å². The molecule has 7 nitrogen and oxygen atoms in total. The number of halogens is 1. The van der Waals surface area contributed by atoms with E-state index in [4.69, 9.17) is 20.8 Å². The maximum Gasteiger partial charge on any atom is 0.251 e. The van der Waals surface area contributed by atoms with E-state index in [0.29, 0.717) is 10.8 Å². The Morgan fingerprint density at radius 1 is 1.13 bits per heavy atom. The summed E-state index contributed by atoms with van der Waals surface area (Å²) in [5.41, 5.74) is 0.922. The summed E-state index contributed by atoms with van der Waals surface area (Å²) in [6.45, 7) is 3.66. The number of amides is 1. The molecule has 2 aromatic carbocycles. The summed E-state index contributed by atoms with van der Waals surface area (Å²) >= 11 is 5.86. The third kappa shape index (κ3) is 5.66. The number of aryl methyl sites for hydroxylation is 1. The van der Waals surface area contributed by atoms with E-state index in [9.17, 15) is 13.2 Å². The molecule has 1 aromatic heterocycles. The largest absolute Gasteiger partial charge is 0.495 e. The molecule has 0 saturated heterocycles. The number of nitrogens with one attached hydrogen (secondary N) is 2. The third-order valence-electron chi connectivity index (χ3n) is 4.63.